The van der Waals surface area contributed by atoms with Gasteiger partial charge < -0.3 is 10.8 Å². The summed E-state index contributed by atoms with van der Waals surface area (Å²) in [6.45, 7) is 2.05. The fourth-order valence-corrected chi connectivity index (χ4v) is 5.00. The predicted molar refractivity (Wildman–Crippen MR) is 124 cm³/mol. The second kappa shape index (κ2) is 7.72. The largest absolute Gasteiger partial charge is 0.377 e. The number of halogens is 1. The minimum atomic E-state index is -1.21. The molecule has 6 heteroatoms. The summed E-state index contributed by atoms with van der Waals surface area (Å²) in [6.07, 6.45) is 5.86. The summed E-state index contributed by atoms with van der Waals surface area (Å²) in [5.74, 6) is 5.57. The molecule has 5 rings (SSSR count). The first-order chi connectivity index (χ1) is 15.8. The van der Waals surface area contributed by atoms with E-state index in [1.54, 1.807) is 12.1 Å². The highest BCUT2D eigenvalue weighted by Gasteiger charge is 2.54. The zero-order valence-electron chi connectivity index (χ0n) is 18.3. The highest BCUT2D eigenvalue weighted by molar-refractivity contribution is 5.77. The summed E-state index contributed by atoms with van der Waals surface area (Å²) in [6, 6.07) is 13.6. The van der Waals surface area contributed by atoms with Gasteiger partial charge >= 0.3 is 0 Å². The fraction of sp³-hybridized carbons (Fsp3) is 0.259. The number of aliphatic hydroxyl groups is 1. The lowest BCUT2D eigenvalue weighted by Crippen LogP contribution is -2.44. The lowest BCUT2D eigenvalue weighted by molar-refractivity contribution is -0.117. The average molecular weight is 442 g/mol. The van der Waals surface area contributed by atoms with Gasteiger partial charge in [-0.2, -0.15) is 5.10 Å². The van der Waals surface area contributed by atoms with Gasteiger partial charge in [0.05, 0.1) is 24.0 Å². The van der Waals surface area contributed by atoms with Crippen molar-refractivity contribution in [2.24, 2.45) is 11.1 Å². The lowest BCUT2D eigenvalue weighted by atomic mass is 9.67. The summed E-state index contributed by atoms with van der Waals surface area (Å²) in [7, 11) is 0. The monoisotopic (exact) mass is 441 g/mol. The summed E-state index contributed by atoms with van der Waals surface area (Å²) in [4.78, 5) is 11.4. The maximum atomic E-state index is 13.4. The smallest absolute Gasteiger partial charge is 0.221 e. The molecule has 1 fully saturated rings. The van der Waals surface area contributed by atoms with Gasteiger partial charge in [0.2, 0.25) is 5.91 Å². The van der Waals surface area contributed by atoms with Crippen LogP contribution >= 0.6 is 0 Å². The van der Waals surface area contributed by atoms with Gasteiger partial charge in [-0.25, -0.2) is 9.07 Å². The first-order valence-corrected chi connectivity index (χ1v) is 10.9. The van der Waals surface area contributed by atoms with E-state index in [1.807, 2.05) is 42.1 Å². The van der Waals surface area contributed by atoms with Crippen LogP contribution in [0.4, 0.5) is 4.39 Å². The molecule has 2 aromatic carbocycles. The van der Waals surface area contributed by atoms with Crippen LogP contribution in [0.25, 0.3) is 11.8 Å². The van der Waals surface area contributed by atoms with Crippen LogP contribution in [0.3, 0.4) is 0 Å². The number of hydrogen-bond donors (Lipinski definition) is 2. The van der Waals surface area contributed by atoms with Gasteiger partial charge in [0.1, 0.15) is 11.4 Å². The quantitative estimate of drug-likeness (QED) is 0.610. The van der Waals surface area contributed by atoms with Gasteiger partial charge in [0.25, 0.3) is 0 Å². The van der Waals surface area contributed by atoms with Gasteiger partial charge in [-0.1, -0.05) is 42.5 Å². The SMILES string of the molecule is C[C@]12Cc3cnn(-c4ccc(F)cc4)c3C=C1CC[C@@]2(O)C#Cc1ccccc1CC(N)=O. The predicted octanol–water partition coefficient (Wildman–Crippen LogP) is 3.56. The number of nitrogens with zero attached hydrogens (tertiary/aromatic N) is 2. The van der Waals surface area contributed by atoms with Gasteiger partial charge in [-0.05, 0) is 66.8 Å². The van der Waals surface area contributed by atoms with Crippen molar-refractivity contribution in [2.75, 3.05) is 0 Å². The van der Waals surface area contributed by atoms with Gasteiger partial charge in [0, 0.05) is 11.0 Å². The number of hydrogen-bond acceptors (Lipinski definition) is 3. The molecule has 0 spiro atoms. The number of primary amides is 1. The first kappa shape index (κ1) is 21.2. The normalized spacial score (nSPS) is 23.2. The van der Waals surface area contributed by atoms with Crippen LogP contribution in [-0.2, 0) is 17.6 Å². The van der Waals surface area contributed by atoms with Gasteiger partial charge in [-0.15, -0.1) is 0 Å². The van der Waals surface area contributed by atoms with Crippen molar-refractivity contribution in [3.05, 3.63) is 88.5 Å². The molecular weight excluding hydrogens is 417 g/mol. The Bertz CT molecular complexity index is 1350. The Kier molecular flexibility index (Phi) is 4.95. The molecule has 2 aliphatic carbocycles. The Morgan fingerprint density at radius 3 is 2.76 bits per heavy atom. The molecule has 1 heterocycles. The van der Waals surface area contributed by atoms with E-state index < -0.39 is 16.9 Å². The molecule has 0 saturated heterocycles. The molecule has 1 saturated carbocycles. The molecule has 1 aromatic heterocycles. The van der Waals surface area contributed by atoms with Gasteiger partial charge in [0.15, 0.2) is 0 Å². The van der Waals surface area contributed by atoms with E-state index in [9.17, 15) is 14.3 Å². The summed E-state index contributed by atoms with van der Waals surface area (Å²) < 4.78 is 15.2. The molecule has 0 radical (unpaired) electrons. The topological polar surface area (TPSA) is 81.1 Å². The van der Waals surface area contributed by atoms with E-state index in [0.29, 0.717) is 18.4 Å². The van der Waals surface area contributed by atoms with Crippen molar-refractivity contribution in [3.8, 4) is 17.5 Å². The molecule has 166 valence electrons. The maximum absolute atomic E-state index is 13.4. The zero-order valence-corrected chi connectivity index (χ0v) is 18.3. The van der Waals surface area contributed by atoms with Crippen molar-refractivity contribution in [1.82, 2.24) is 9.78 Å². The molecule has 1 amide bonds. The third-order valence-electron chi connectivity index (χ3n) is 6.98. The Morgan fingerprint density at radius 2 is 2.00 bits per heavy atom. The van der Waals surface area contributed by atoms with Crippen LogP contribution in [0, 0.1) is 23.1 Å². The van der Waals surface area contributed by atoms with Crippen LogP contribution in [-0.4, -0.2) is 26.4 Å². The minimum absolute atomic E-state index is 0.109. The standard InChI is InChI=1S/C27H24FN3O2/c1-26-16-20-17-30-31(23-8-6-22(28)7-9-23)24(20)15-21(26)11-13-27(26,33)12-10-18-4-2-3-5-19(18)14-25(29)32/h2-9,15,17,33H,11,13-14,16H2,1H3,(H2,29,32)/t26-,27-/m0/s1. The van der Waals surface area contributed by atoms with E-state index in [4.69, 9.17) is 5.73 Å². The van der Waals surface area contributed by atoms with Gasteiger partial charge in [-0.3, -0.25) is 4.79 Å². The second-order valence-corrected chi connectivity index (χ2v) is 9.03. The van der Waals surface area contributed by atoms with Crippen molar-refractivity contribution in [1.29, 1.82) is 0 Å². The molecule has 5 nitrogen and oxygen atoms in total. The highest BCUT2D eigenvalue weighted by atomic mass is 19.1. The molecule has 3 N–H and O–H groups in total. The Balaban J connectivity index is 1.50. The van der Waals surface area contributed by atoms with Crippen molar-refractivity contribution >= 4 is 12.0 Å². The molecule has 0 aliphatic heterocycles. The molecule has 0 unspecified atom stereocenters. The zero-order chi connectivity index (χ0) is 23.2. The lowest BCUT2D eigenvalue weighted by Gasteiger charge is -2.39. The number of benzene rings is 2. The van der Waals surface area contributed by atoms with Crippen molar-refractivity contribution in [3.63, 3.8) is 0 Å². The number of aromatic nitrogens is 2. The van der Waals surface area contributed by atoms with Crippen LogP contribution in [0.5, 0.6) is 0 Å². The number of nitrogens with two attached hydrogens (primary N) is 1. The first-order valence-electron chi connectivity index (χ1n) is 10.9. The number of amides is 1. The van der Waals surface area contributed by atoms with Crippen molar-refractivity contribution < 1.29 is 14.3 Å². The van der Waals surface area contributed by atoms with Crippen LogP contribution < -0.4 is 5.73 Å². The summed E-state index contributed by atoms with van der Waals surface area (Å²) in [5.41, 5.74) is 8.95. The van der Waals surface area contributed by atoms with E-state index in [1.165, 1.54) is 12.1 Å². The molecule has 2 atom stereocenters. The second-order valence-electron chi connectivity index (χ2n) is 9.03. The van der Waals surface area contributed by atoms with E-state index in [0.717, 1.165) is 34.5 Å². The van der Waals surface area contributed by atoms with Crippen LogP contribution in [0.2, 0.25) is 0 Å². The number of rotatable bonds is 3. The van der Waals surface area contributed by atoms with Crippen molar-refractivity contribution in [2.45, 2.75) is 38.2 Å². The molecule has 2 aliphatic rings. The third-order valence-corrected chi connectivity index (χ3v) is 6.98. The van der Waals surface area contributed by atoms with E-state index >= 15 is 0 Å². The van der Waals surface area contributed by atoms with Crippen LogP contribution in [0.1, 0.15) is 42.1 Å². The van der Waals surface area contributed by atoms with E-state index in [2.05, 4.69) is 23.0 Å². The molecule has 0 bridgehead atoms. The molecular formula is C27H24FN3O2. The molecule has 3 aromatic rings. The highest BCUT2D eigenvalue weighted by Crippen LogP contribution is 2.55. The third kappa shape index (κ3) is 3.55. The molecule has 33 heavy (non-hydrogen) atoms. The Labute approximate surface area is 191 Å². The number of carbonyl (C=O) groups excluding carboxylic acids is 1. The van der Waals surface area contributed by atoms with Crippen LogP contribution in [0.15, 0.2) is 60.3 Å². The summed E-state index contributed by atoms with van der Waals surface area (Å²) >= 11 is 0. The maximum Gasteiger partial charge on any atom is 0.221 e. The minimum Gasteiger partial charge on any atom is -0.377 e. The number of carbonyl (C=O) groups is 1. The Morgan fingerprint density at radius 1 is 1.24 bits per heavy atom. The van der Waals surface area contributed by atoms with E-state index in [-0.39, 0.29) is 12.2 Å². The summed E-state index contributed by atoms with van der Waals surface area (Å²) in [5, 5.41) is 16.2. The number of fused-ring (bicyclic) bond motifs is 2. The average Bonchev–Trinajstić information content (AvgIpc) is 3.30. The fourth-order valence-electron chi connectivity index (χ4n) is 5.00. The Hall–Kier alpha value is -3.69.